The highest BCUT2D eigenvalue weighted by Gasteiger charge is 2.53. The Kier molecular flexibility index (Phi) is 4.87. The molecule has 0 aromatic heterocycles. The molecule has 21 heavy (non-hydrogen) atoms. The van der Waals surface area contributed by atoms with Gasteiger partial charge in [0.1, 0.15) is 5.67 Å². The van der Waals surface area contributed by atoms with Gasteiger partial charge in [0, 0.05) is 0 Å². The first-order chi connectivity index (χ1) is 9.60. The van der Waals surface area contributed by atoms with E-state index in [4.69, 9.17) is 20.4 Å². The number of carboxylic acid groups (broad SMARTS) is 4. The molecule has 2 atom stereocenters. The average molecular weight is 306 g/mol. The summed E-state index contributed by atoms with van der Waals surface area (Å²) in [6.07, 6.45) is -0.978. The predicted octanol–water partition coefficient (Wildman–Crippen LogP) is 0.456. The fraction of sp³-hybridized carbons (Fsp3) is 0.667. The Hall–Kier alpha value is -2.19. The first-order valence-electron chi connectivity index (χ1n) is 6.20. The van der Waals surface area contributed by atoms with E-state index in [9.17, 15) is 23.6 Å². The van der Waals surface area contributed by atoms with E-state index >= 15 is 0 Å². The van der Waals surface area contributed by atoms with Crippen LogP contribution in [0.4, 0.5) is 4.39 Å². The molecule has 0 heterocycles. The lowest BCUT2D eigenvalue weighted by Gasteiger charge is -2.37. The summed E-state index contributed by atoms with van der Waals surface area (Å²) in [6, 6.07) is 0. The molecule has 2 unspecified atom stereocenters. The molecule has 0 bridgehead atoms. The van der Waals surface area contributed by atoms with Crippen LogP contribution in [0.1, 0.15) is 25.7 Å². The highest BCUT2D eigenvalue weighted by atomic mass is 19.1. The predicted molar refractivity (Wildman–Crippen MR) is 63.3 cm³/mol. The third-order valence-corrected chi connectivity index (χ3v) is 3.78. The Bertz CT molecular complexity index is 448. The van der Waals surface area contributed by atoms with E-state index < -0.39 is 53.7 Å². The lowest BCUT2D eigenvalue weighted by Crippen LogP contribution is -2.49. The van der Waals surface area contributed by atoms with Crippen molar-refractivity contribution in [2.45, 2.75) is 31.4 Å². The monoisotopic (exact) mass is 306 g/mol. The number of hydrogen-bond acceptors (Lipinski definition) is 4. The Labute approximate surface area is 118 Å². The summed E-state index contributed by atoms with van der Waals surface area (Å²) < 4.78 is 14.7. The molecule has 0 radical (unpaired) electrons. The van der Waals surface area contributed by atoms with Gasteiger partial charge in [-0.1, -0.05) is 0 Å². The SMILES string of the molecule is O=C(O)C(C(=O)O)C1CCCC(F)(C(C(=O)O)C(=O)O)C1. The molecule has 0 saturated heterocycles. The number of halogens is 1. The molecule has 0 spiro atoms. The minimum atomic E-state index is -2.66. The summed E-state index contributed by atoms with van der Waals surface area (Å²) in [7, 11) is 0. The van der Waals surface area contributed by atoms with Gasteiger partial charge in [-0.05, 0) is 31.6 Å². The largest absolute Gasteiger partial charge is 0.481 e. The molecule has 0 aromatic rings. The summed E-state index contributed by atoms with van der Waals surface area (Å²) in [5, 5.41) is 35.5. The summed E-state index contributed by atoms with van der Waals surface area (Å²) >= 11 is 0. The number of aliphatic carboxylic acids is 4. The molecule has 1 fully saturated rings. The van der Waals surface area contributed by atoms with E-state index in [1.165, 1.54) is 0 Å². The van der Waals surface area contributed by atoms with Crippen LogP contribution in [-0.4, -0.2) is 50.0 Å². The van der Waals surface area contributed by atoms with Crippen molar-refractivity contribution < 1.29 is 44.0 Å². The number of alkyl halides is 1. The summed E-state index contributed by atoms with van der Waals surface area (Å²) in [6.45, 7) is 0. The van der Waals surface area contributed by atoms with Crippen LogP contribution in [0.15, 0.2) is 0 Å². The number of carboxylic acids is 4. The van der Waals surface area contributed by atoms with E-state index in [-0.39, 0.29) is 19.3 Å². The normalized spacial score (nSPS) is 25.8. The van der Waals surface area contributed by atoms with Crippen LogP contribution in [-0.2, 0) is 19.2 Å². The second-order valence-corrected chi connectivity index (χ2v) is 5.15. The van der Waals surface area contributed by atoms with Crippen molar-refractivity contribution in [3.05, 3.63) is 0 Å². The van der Waals surface area contributed by atoms with Gasteiger partial charge < -0.3 is 20.4 Å². The number of hydrogen-bond donors (Lipinski definition) is 4. The number of rotatable bonds is 6. The molecule has 1 aliphatic rings. The van der Waals surface area contributed by atoms with Crippen LogP contribution in [0.25, 0.3) is 0 Å². The molecule has 1 saturated carbocycles. The molecule has 8 nitrogen and oxygen atoms in total. The zero-order valence-corrected chi connectivity index (χ0v) is 10.9. The Morgan fingerprint density at radius 1 is 0.952 bits per heavy atom. The third kappa shape index (κ3) is 3.47. The van der Waals surface area contributed by atoms with E-state index in [0.29, 0.717) is 0 Å². The smallest absolute Gasteiger partial charge is 0.321 e. The maximum absolute atomic E-state index is 14.7. The highest BCUT2D eigenvalue weighted by molar-refractivity contribution is 5.95. The standard InChI is InChI=1S/C12H15FO8/c13-12(7(10(18)19)11(20)21)3-1-2-5(4-12)6(8(14)15)9(16)17/h5-7H,1-4H2,(H,14,15)(H,16,17)(H,18,19)(H,20,21). The van der Waals surface area contributed by atoms with Crippen molar-refractivity contribution >= 4 is 23.9 Å². The first-order valence-corrected chi connectivity index (χ1v) is 6.20. The molecule has 0 amide bonds. The van der Waals surface area contributed by atoms with Crippen molar-refractivity contribution in [1.29, 1.82) is 0 Å². The molecular weight excluding hydrogens is 291 g/mol. The van der Waals surface area contributed by atoms with Gasteiger partial charge in [0.25, 0.3) is 0 Å². The Morgan fingerprint density at radius 2 is 1.43 bits per heavy atom. The Balaban J connectivity index is 3.07. The minimum Gasteiger partial charge on any atom is -0.481 e. The quantitative estimate of drug-likeness (QED) is 0.517. The van der Waals surface area contributed by atoms with Crippen LogP contribution in [0, 0.1) is 17.8 Å². The van der Waals surface area contributed by atoms with Crippen molar-refractivity contribution in [2.24, 2.45) is 17.8 Å². The first kappa shape index (κ1) is 16.9. The van der Waals surface area contributed by atoms with Gasteiger partial charge in [-0.25, -0.2) is 4.39 Å². The maximum Gasteiger partial charge on any atom is 0.321 e. The molecule has 0 aromatic carbocycles. The molecule has 1 aliphatic carbocycles. The van der Waals surface area contributed by atoms with E-state index in [2.05, 4.69) is 0 Å². The van der Waals surface area contributed by atoms with Gasteiger partial charge in [0.05, 0.1) is 0 Å². The molecule has 1 rings (SSSR count). The van der Waals surface area contributed by atoms with Gasteiger partial charge >= 0.3 is 23.9 Å². The van der Waals surface area contributed by atoms with Gasteiger partial charge in [0.2, 0.25) is 0 Å². The van der Waals surface area contributed by atoms with Crippen molar-refractivity contribution in [3.63, 3.8) is 0 Å². The van der Waals surface area contributed by atoms with Crippen molar-refractivity contribution in [3.8, 4) is 0 Å². The topological polar surface area (TPSA) is 149 Å². The fourth-order valence-corrected chi connectivity index (χ4v) is 2.90. The van der Waals surface area contributed by atoms with Crippen LogP contribution in [0.3, 0.4) is 0 Å². The van der Waals surface area contributed by atoms with Crippen molar-refractivity contribution in [2.75, 3.05) is 0 Å². The zero-order chi connectivity index (χ0) is 16.4. The van der Waals surface area contributed by atoms with Crippen LogP contribution >= 0.6 is 0 Å². The second-order valence-electron chi connectivity index (χ2n) is 5.15. The lowest BCUT2D eigenvalue weighted by atomic mass is 9.69. The number of carbonyl (C=O) groups is 4. The van der Waals surface area contributed by atoms with Crippen LogP contribution in [0.5, 0.6) is 0 Å². The van der Waals surface area contributed by atoms with E-state index in [1.807, 2.05) is 0 Å². The van der Waals surface area contributed by atoms with E-state index in [0.717, 1.165) is 0 Å². The van der Waals surface area contributed by atoms with Crippen LogP contribution in [0.2, 0.25) is 0 Å². The second kappa shape index (κ2) is 6.06. The molecule has 118 valence electrons. The van der Waals surface area contributed by atoms with E-state index in [1.54, 1.807) is 0 Å². The average Bonchev–Trinajstić information content (AvgIpc) is 2.25. The summed E-state index contributed by atoms with van der Waals surface area (Å²) in [5.74, 6) is -12.4. The van der Waals surface area contributed by atoms with Crippen LogP contribution < -0.4 is 0 Å². The maximum atomic E-state index is 14.7. The fourth-order valence-electron chi connectivity index (χ4n) is 2.90. The van der Waals surface area contributed by atoms with Gasteiger partial charge in [0.15, 0.2) is 11.8 Å². The molecule has 0 aliphatic heterocycles. The summed E-state index contributed by atoms with van der Waals surface area (Å²) in [4.78, 5) is 43.8. The lowest BCUT2D eigenvalue weighted by molar-refractivity contribution is -0.166. The van der Waals surface area contributed by atoms with Gasteiger partial charge in [-0.2, -0.15) is 0 Å². The molecule has 4 N–H and O–H groups in total. The highest BCUT2D eigenvalue weighted by Crippen LogP contribution is 2.44. The molecule has 9 heteroatoms. The van der Waals surface area contributed by atoms with Gasteiger partial charge in [-0.3, -0.25) is 19.2 Å². The minimum absolute atomic E-state index is 0.0231. The zero-order valence-electron chi connectivity index (χ0n) is 10.9. The van der Waals surface area contributed by atoms with Crippen molar-refractivity contribution in [1.82, 2.24) is 0 Å². The van der Waals surface area contributed by atoms with Gasteiger partial charge in [-0.15, -0.1) is 0 Å². The third-order valence-electron chi connectivity index (χ3n) is 3.78. The summed E-state index contributed by atoms with van der Waals surface area (Å²) in [5.41, 5.74) is -2.66. The Morgan fingerprint density at radius 3 is 1.81 bits per heavy atom. The molecular formula is C12H15FO8.